The maximum absolute atomic E-state index is 13.8. The van der Waals surface area contributed by atoms with Gasteiger partial charge in [-0.15, -0.1) is 0 Å². The van der Waals surface area contributed by atoms with Crippen LogP contribution >= 0.6 is 0 Å². The van der Waals surface area contributed by atoms with E-state index in [9.17, 15) is 18.0 Å². The molecule has 2 N–H and O–H groups in total. The van der Waals surface area contributed by atoms with Gasteiger partial charge in [0.15, 0.2) is 17.3 Å². The van der Waals surface area contributed by atoms with Crippen LogP contribution in [0.4, 0.5) is 13.2 Å². The largest absolute Gasteiger partial charge is 0.493 e. The predicted molar refractivity (Wildman–Crippen MR) is 136 cm³/mol. The molecule has 0 atom stereocenters. The lowest BCUT2D eigenvalue weighted by Gasteiger charge is -2.15. The molecule has 1 aliphatic heterocycles. The monoisotopic (exact) mass is 515 g/mol. The number of carbonyl (C=O) groups excluding carboxylic acids is 1. The number of hydrogen-bond acceptors (Lipinski definition) is 5. The quantitative estimate of drug-likeness (QED) is 0.424. The molecule has 0 unspecified atom stereocenters. The van der Waals surface area contributed by atoms with Gasteiger partial charge in [-0.2, -0.15) is 8.78 Å². The Morgan fingerprint density at radius 2 is 1.76 bits per heavy atom. The maximum Gasteiger partial charge on any atom is 0.349 e. The maximum atomic E-state index is 13.8. The molecular formula is C28H32F3N3O3. The van der Waals surface area contributed by atoms with Crippen LogP contribution in [0.3, 0.4) is 0 Å². The molecule has 1 aliphatic rings. The van der Waals surface area contributed by atoms with Crippen LogP contribution in [-0.4, -0.2) is 49.6 Å². The zero-order valence-electron chi connectivity index (χ0n) is 21.1. The molecule has 2 heterocycles. The van der Waals surface area contributed by atoms with Gasteiger partial charge in [0.1, 0.15) is 0 Å². The van der Waals surface area contributed by atoms with Crippen molar-refractivity contribution in [2.75, 3.05) is 33.9 Å². The summed E-state index contributed by atoms with van der Waals surface area (Å²) in [6.45, 7) is 3.51. The third-order valence-corrected chi connectivity index (χ3v) is 6.15. The van der Waals surface area contributed by atoms with E-state index < -0.39 is 17.4 Å². The minimum Gasteiger partial charge on any atom is -0.493 e. The van der Waals surface area contributed by atoms with Crippen LogP contribution in [0, 0.1) is 5.82 Å². The van der Waals surface area contributed by atoms with Gasteiger partial charge in [0.25, 0.3) is 5.91 Å². The van der Waals surface area contributed by atoms with Crippen molar-refractivity contribution in [2.24, 2.45) is 5.73 Å². The summed E-state index contributed by atoms with van der Waals surface area (Å²) in [5.41, 5.74) is 6.56. The highest BCUT2D eigenvalue weighted by atomic mass is 19.3. The van der Waals surface area contributed by atoms with Crippen molar-refractivity contribution in [1.29, 1.82) is 0 Å². The number of alkyl halides is 2. The van der Waals surface area contributed by atoms with E-state index in [1.807, 2.05) is 6.07 Å². The lowest BCUT2D eigenvalue weighted by molar-refractivity contribution is -0.143. The molecule has 1 amide bonds. The Hall–Kier alpha value is -3.59. The Morgan fingerprint density at radius 1 is 1.05 bits per heavy atom. The third kappa shape index (κ3) is 7.45. The fourth-order valence-electron chi connectivity index (χ4n) is 4.15. The van der Waals surface area contributed by atoms with Crippen LogP contribution in [0.2, 0.25) is 0 Å². The minimum absolute atomic E-state index is 0.186. The number of methoxy groups -OCH3 is 2. The molecule has 0 spiro atoms. The van der Waals surface area contributed by atoms with Gasteiger partial charge in [-0.05, 0) is 75.1 Å². The Balaban J connectivity index is 0.000000206. The number of benzene rings is 2. The molecule has 4 rings (SSSR count). The fourth-order valence-corrected chi connectivity index (χ4v) is 4.15. The number of pyridine rings is 1. The fraction of sp³-hybridized carbons (Fsp3) is 0.357. The van der Waals surface area contributed by atoms with Crippen LogP contribution < -0.4 is 15.2 Å². The van der Waals surface area contributed by atoms with Crippen LogP contribution in [0.15, 0.2) is 60.8 Å². The van der Waals surface area contributed by atoms with Crippen molar-refractivity contribution in [2.45, 2.75) is 31.6 Å². The number of carbonyl (C=O) groups is 1. The van der Waals surface area contributed by atoms with E-state index in [0.717, 1.165) is 24.9 Å². The van der Waals surface area contributed by atoms with Crippen LogP contribution in [0.5, 0.6) is 11.5 Å². The van der Waals surface area contributed by atoms with Gasteiger partial charge in [-0.3, -0.25) is 9.78 Å². The third-order valence-electron chi connectivity index (χ3n) is 6.15. The molecular weight excluding hydrogens is 483 g/mol. The number of ether oxygens (including phenoxy) is 2. The number of hydrogen-bond donors (Lipinski definition) is 1. The molecule has 1 aromatic heterocycles. The van der Waals surface area contributed by atoms with E-state index >= 15 is 0 Å². The smallest absolute Gasteiger partial charge is 0.349 e. The predicted octanol–water partition coefficient (Wildman–Crippen LogP) is 5.20. The minimum atomic E-state index is -3.65. The number of nitrogens with zero attached hydrogens (tertiary/aromatic N) is 2. The molecule has 0 radical (unpaired) electrons. The highest BCUT2D eigenvalue weighted by Crippen LogP contribution is 2.32. The summed E-state index contributed by atoms with van der Waals surface area (Å²) in [4.78, 5) is 17.2. The number of nitrogens with two attached hydrogens (primary N) is 1. The number of primary amides is 1. The van der Waals surface area contributed by atoms with Gasteiger partial charge in [-0.1, -0.05) is 30.3 Å². The van der Waals surface area contributed by atoms with E-state index in [1.54, 1.807) is 30.5 Å². The zero-order chi connectivity index (χ0) is 26.8. The summed E-state index contributed by atoms with van der Waals surface area (Å²) in [6, 6.07) is 14.1. The lowest BCUT2D eigenvalue weighted by Crippen LogP contribution is -2.32. The Kier molecular flexibility index (Phi) is 9.91. The molecule has 1 fully saturated rings. The second kappa shape index (κ2) is 13.1. The molecule has 0 aliphatic carbocycles. The van der Waals surface area contributed by atoms with E-state index in [0.29, 0.717) is 17.0 Å². The van der Waals surface area contributed by atoms with E-state index in [4.69, 9.17) is 9.47 Å². The average Bonchev–Trinajstić information content (AvgIpc) is 3.43. The molecule has 37 heavy (non-hydrogen) atoms. The Bertz CT molecular complexity index is 1150. The van der Waals surface area contributed by atoms with Crippen molar-refractivity contribution in [1.82, 2.24) is 9.88 Å². The topological polar surface area (TPSA) is 77.7 Å². The summed E-state index contributed by atoms with van der Waals surface area (Å²) in [6.07, 6.45) is 6.15. The second-order valence-electron chi connectivity index (χ2n) is 8.70. The van der Waals surface area contributed by atoms with E-state index in [-0.39, 0.29) is 11.6 Å². The summed E-state index contributed by atoms with van der Waals surface area (Å²) < 4.78 is 50.6. The van der Waals surface area contributed by atoms with Gasteiger partial charge in [0, 0.05) is 17.3 Å². The van der Waals surface area contributed by atoms with Crippen LogP contribution in [-0.2, 0) is 17.1 Å². The first kappa shape index (κ1) is 28.0. The van der Waals surface area contributed by atoms with Crippen molar-refractivity contribution in [3.63, 3.8) is 0 Å². The Morgan fingerprint density at radius 3 is 2.32 bits per heavy atom. The van der Waals surface area contributed by atoms with Gasteiger partial charge in [-0.25, -0.2) is 4.39 Å². The number of amides is 1. The zero-order valence-corrected chi connectivity index (χ0v) is 21.1. The van der Waals surface area contributed by atoms with Crippen LogP contribution in [0.1, 0.15) is 30.4 Å². The Labute approximate surface area is 215 Å². The lowest BCUT2D eigenvalue weighted by atomic mass is 10.0. The number of rotatable bonds is 9. The van der Waals surface area contributed by atoms with Gasteiger partial charge in [0.2, 0.25) is 0 Å². The normalized spacial score (nSPS) is 13.5. The molecule has 198 valence electrons. The average molecular weight is 516 g/mol. The highest BCUT2D eigenvalue weighted by molar-refractivity contribution is 5.83. The summed E-state index contributed by atoms with van der Waals surface area (Å²) in [7, 11) is 2.99. The van der Waals surface area contributed by atoms with Crippen molar-refractivity contribution < 1.29 is 27.4 Å². The molecule has 0 bridgehead atoms. The molecule has 1 saturated heterocycles. The first-order valence-electron chi connectivity index (χ1n) is 12.1. The van der Waals surface area contributed by atoms with Crippen LogP contribution in [0.25, 0.3) is 11.3 Å². The SMILES string of the molecule is COc1cc(CCCN2CCCC2)cc(F)c1OC.NC(=O)C(F)(F)c1ccc(-c2ccccn2)cc1. The molecule has 3 aromatic rings. The summed E-state index contributed by atoms with van der Waals surface area (Å²) in [5.74, 6) is -5.00. The molecule has 2 aromatic carbocycles. The van der Waals surface area contributed by atoms with Crippen molar-refractivity contribution >= 4 is 5.91 Å². The van der Waals surface area contributed by atoms with Gasteiger partial charge in [0.05, 0.1) is 19.9 Å². The molecule has 9 heteroatoms. The summed E-state index contributed by atoms with van der Waals surface area (Å²) >= 11 is 0. The second-order valence-corrected chi connectivity index (χ2v) is 8.70. The van der Waals surface area contributed by atoms with Crippen molar-refractivity contribution in [3.8, 4) is 22.8 Å². The molecule has 0 saturated carbocycles. The first-order chi connectivity index (χ1) is 17.8. The highest BCUT2D eigenvalue weighted by Gasteiger charge is 2.38. The first-order valence-corrected chi connectivity index (χ1v) is 12.1. The number of likely N-dealkylation sites (tertiary alicyclic amines) is 1. The number of halogens is 3. The van der Waals surface area contributed by atoms with E-state index in [2.05, 4.69) is 15.6 Å². The standard InChI is InChI=1S/C15H22FNO2.C13H10F2N2O/c1-18-14-11-12(10-13(16)15(14)19-2)6-5-9-17-7-3-4-8-17;14-13(15,12(16)18)10-6-4-9(5-7-10)11-3-1-2-8-17-11/h10-11H,3-9H2,1-2H3;1-8H,(H2,16,18). The number of aryl methyl sites for hydroxylation is 1. The van der Waals surface area contributed by atoms with Crippen molar-refractivity contribution in [3.05, 3.63) is 77.7 Å². The van der Waals surface area contributed by atoms with Gasteiger partial charge < -0.3 is 20.1 Å². The molecule has 6 nitrogen and oxygen atoms in total. The number of aromatic nitrogens is 1. The van der Waals surface area contributed by atoms with E-state index in [1.165, 1.54) is 64.4 Å². The van der Waals surface area contributed by atoms with Gasteiger partial charge >= 0.3 is 5.92 Å². The summed E-state index contributed by atoms with van der Waals surface area (Å²) in [5, 5.41) is 0.